The van der Waals surface area contributed by atoms with Crippen LogP contribution >= 0.6 is 11.3 Å². The minimum Gasteiger partial charge on any atom is -0.483 e. The number of rotatable bonds is 5. The maximum atomic E-state index is 12.6. The number of likely N-dealkylation sites (N-methyl/N-ethyl adjacent to an activating group) is 1. The van der Waals surface area contributed by atoms with E-state index in [4.69, 9.17) is 4.74 Å². The highest BCUT2D eigenvalue weighted by Crippen LogP contribution is 2.29. The van der Waals surface area contributed by atoms with E-state index in [0.29, 0.717) is 0 Å². The number of carbonyl (C=O) groups is 1. The van der Waals surface area contributed by atoms with Gasteiger partial charge in [-0.15, -0.1) is 11.3 Å². The molecule has 26 heavy (non-hydrogen) atoms. The number of nitrogens with zero attached hydrogens (tertiary/aromatic N) is 2. The lowest BCUT2D eigenvalue weighted by Crippen LogP contribution is -2.33. The summed E-state index contributed by atoms with van der Waals surface area (Å²) in [5.74, 6) is 0.737. The van der Waals surface area contributed by atoms with E-state index in [1.54, 1.807) is 23.3 Å². The smallest absolute Gasteiger partial charge is 0.260 e. The number of benzene rings is 2. The summed E-state index contributed by atoms with van der Waals surface area (Å²) in [6.45, 7) is 8.09. The number of ether oxygens (including phenoxy) is 1. The second-order valence-corrected chi connectivity index (χ2v) is 7.78. The Kier molecular flexibility index (Phi) is 5.28. The van der Waals surface area contributed by atoms with Crippen LogP contribution in [-0.4, -0.2) is 29.4 Å². The first-order valence-electron chi connectivity index (χ1n) is 8.68. The van der Waals surface area contributed by atoms with Crippen LogP contribution in [0.2, 0.25) is 0 Å². The molecule has 0 saturated carbocycles. The van der Waals surface area contributed by atoms with E-state index in [0.717, 1.165) is 32.1 Å². The fraction of sp³-hybridized carbons (Fsp3) is 0.333. The van der Waals surface area contributed by atoms with Crippen LogP contribution in [0.5, 0.6) is 5.75 Å². The van der Waals surface area contributed by atoms with E-state index in [-0.39, 0.29) is 18.6 Å². The minimum atomic E-state index is -0.0938. The number of carbonyl (C=O) groups excluding carboxylic acids is 1. The van der Waals surface area contributed by atoms with E-state index < -0.39 is 0 Å². The monoisotopic (exact) mass is 368 g/mol. The zero-order valence-corrected chi connectivity index (χ0v) is 16.7. The lowest BCUT2D eigenvalue weighted by molar-refractivity contribution is -0.134. The second kappa shape index (κ2) is 7.46. The number of amides is 1. The molecule has 0 N–H and O–H groups in total. The van der Waals surface area contributed by atoms with Crippen molar-refractivity contribution in [3.8, 4) is 5.75 Å². The average Bonchev–Trinajstić information content (AvgIpc) is 3.03. The average molecular weight is 369 g/mol. The summed E-state index contributed by atoms with van der Waals surface area (Å²) < 4.78 is 6.98. The molecule has 1 heterocycles. The molecule has 1 aromatic heterocycles. The molecule has 0 bridgehead atoms. The Morgan fingerprint density at radius 2 is 1.85 bits per heavy atom. The molecule has 4 nitrogen and oxygen atoms in total. The summed E-state index contributed by atoms with van der Waals surface area (Å²) >= 11 is 1.63. The van der Waals surface area contributed by atoms with Gasteiger partial charge in [-0.2, -0.15) is 0 Å². The fourth-order valence-corrected chi connectivity index (χ4v) is 4.14. The molecule has 0 spiro atoms. The molecular formula is C21H24N2O2S. The lowest BCUT2D eigenvalue weighted by atomic mass is 10.1. The third-order valence-electron chi connectivity index (χ3n) is 4.59. The normalized spacial score (nSPS) is 12.2. The summed E-state index contributed by atoms with van der Waals surface area (Å²) in [5, 5.41) is 0.935. The molecule has 3 aromatic rings. The van der Waals surface area contributed by atoms with Crippen LogP contribution in [0.4, 0.5) is 0 Å². The molecule has 0 saturated heterocycles. The van der Waals surface area contributed by atoms with Gasteiger partial charge in [0.25, 0.3) is 5.91 Å². The van der Waals surface area contributed by atoms with Gasteiger partial charge in [-0.25, -0.2) is 4.98 Å². The summed E-state index contributed by atoms with van der Waals surface area (Å²) in [6, 6.07) is 12.1. The van der Waals surface area contributed by atoms with Crippen molar-refractivity contribution in [2.45, 2.75) is 33.7 Å². The Morgan fingerprint density at radius 1 is 1.19 bits per heavy atom. The van der Waals surface area contributed by atoms with E-state index in [1.807, 2.05) is 39.0 Å². The highest BCUT2D eigenvalue weighted by molar-refractivity contribution is 7.18. The van der Waals surface area contributed by atoms with Gasteiger partial charge in [0, 0.05) is 7.05 Å². The number of aryl methyl sites for hydroxylation is 3. The van der Waals surface area contributed by atoms with Crippen molar-refractivity contribution in [1.82, 2.24) is 9.88 Å². The zero-order valence-electron chi connectivity index (χ0n) is 15.9. The first kappa shape index (κ1) is 18.4. The predicted molar refractivity (Wildman–Crippen MR) is 107 cm³/mol. The molecule has 0 fully saturated rings. The number of hydrogen-bond acceptors (Lipinski definition) is 4. The fourth-order valence-electron chi connectivity index (χ4n) is 3.08. The first-order valence-corrected chi connectivity index (χ1v) is 9.50. The molecule has 3 rings (SSSR count). The van der Waals surface area contributed by atoms with Crippen LogP contribution in [0.3, 0.4) is 0 Å². The predicted octanol–water partition coefficient (Wildman–Crippen LogP) is 4.82. The molecule has 0 unspecified atom stereocenters. The molecule has 0 aliphatic heterocycles. The van der Waals surface area contributed by atoms with Gasteiger partial charge in [0.05, 0.1) is 16.3 Å². The molecule has 0 aliphatic carbocycles. The van der Waals surface area contributed by atoms with E-state index in [9.17, 15) is 4.79 Å². The molecule has 0 aliphatic rings. The Labute approximate surface area is 158 Å². The molecule has 1 atom stereocenters. The number of para-hydroxylation sites is 1. The van der Waals surface area contributed by atoms with Gasteiger partial charge in [-0.1, -0.05) is 29.8 Å². The van der Waals surface area contributed by atoms with Crippen LogP contribution in [0.15, 0.2) is 36.4 Å². The van der Waals surface area contributed by atoms with Crippen molar-refractivity contribution in [2.75, 3.05) is 13.7 Å². The Morgan fingerprint density at radius 3 is 2.50 bits per heavy atom. The highest BCUT2D eigenvalue weighted by atomic mass is 32.1. The molecule has 0 radical (unpaired) electrons. The first-order chi connectivity index (χ1) is 12.4. The van der Waals surface area contributed by atoms with Crippen molar-refractivity contribution in [3.05, 3.63) is 58.1 Å². The van der Waals surface area contributed by atoms with Crippen molar-refractivity contribution >= 4 is 27.5 Å². The largest absolute Gasteiger partial charge is 0.483 e. The summed E-state index contributed by atoms with van der Waals surface area (Å²) in [6.07, 6.45) is 0. The van der Waals surface area contributed by atoms with Crippen molar-refractivity contribution < 1.29 is 9.53 Å². The standard InChI is InChI=1S/C21H24N2O2S/c1-13-10-14(2)20(15(3)11-13)25-12-19(24)23(5)16(4)21-22-17-8-6-7-9-18(17)26-21/h6-11,16H,12H2,1-5H3/t16-/m1/s1. The quantitative estimate of drug-likeness (QED) is 0.648. The van der Waals surface area contributed by atoms with E-state index in [2.05, 4.69) is 30.1 Å². The Bertz CT molecular complexity index is 892. The van der Waals surface area contributed by atoms with Gasteiger partial charge >= 0.3 is 0 Å². The van der Waals surface area contributed by atoms with Gasteiger partial charge in [-0.3, -0.25) is 4.79 Å². The number of thiazole rings is 1. The number of aromatic nitrogens is 1. The third kappa shape index (κ3) is 3.73. The number of hydrogen-bond donors (Lipinski definition) is 0. The van der Waals surface area contributed by atoms with Crippen LogP contribution in [0.25, 0.3) is 10.2 Å². The van der Waals surface area contributed by atoms with Crippen LogP contribution in [0, 0.1) is 20.8 Å². The molecule has 1 amide bonds. The van der Waals surface area contributed by atoms with Gasteiger partial charge in [0.2, 0.25) is 0 Å². The highest BCUT2D eigenvalue weighted by Gasteiger charge is 2.21. The lowest BCUT2D eigenvalue weighted by Gasteiger charge is -2.23. The van der Waals surface area contributed by atoms with E-state index >= 15 is 0 Å². The Balaban J connectivity index is 1.69. The molecule has 136 valence electrons. The SMILES string of the molecule is Cc1cc(C)c(OCC(=O)N(C)[C@H](C)c2nc3ccccc3s2)c(C)c1. The maximum absolute atomic E-state index is 12.6. The number of fused-ring (bicyclic) bond motifs is 1. The van der Waals surface area contributed by atoms with Crippen LogP contribution in [0.1, 0.15) is 34.7 Å². The molecule has 2 aromatic carbocycles. The van der Waals surface area contributed by atoms with Crippen molar-refractivity contribution in [2.24, 2.45) is 0 Å². The van der Waals surface area contributed by atoms with Crippen LogP contribution < -0.4 is 4.74 Å². The topological polar surface area (TPSA) is 42.4 Å². The van der Waals surface area contributed by atoms with Gasteiger partial charge in [0.1, 0.15) is 10.8 Å². The van der Waals surface area contributed by atoms with E-state index in [1.165, 1.54) is 5.56 Å². The van der Waals surface area contributed by atoms with Crippen molar-refractivity contribution in [3.63, 3.8) is 0 Å². The van der Waals surface area contributed by atoms with Crippen molar-refractivity contribution in [1.29, 1.82) is 0 Å². The maximum Gasteiger partial charge on any atom is 0.260 e. The van der Waals surface area contributed by atoms with Gasteiger partial charge in [0.15, 0.2) is 6.61 Å². The second-order valence-electron chi connectivity index (χ2n) is 6.72. The minimum absolute atomic E-state index is 0.0243. The van der Waals surface area contributed by atoms with Gasteiger partial charge < -0.3 is 9.64 Å². The Hall–Kier alpha value is -2.40. The summed E-state index contributed by atoms with van der Waals surface area (Å²) in [7, 11) is 1.80. The van der Waals surface area contributed by atoms with Crippen LogP contribution in [-0.2, 0) is 4.79 Å². The molecule has 5 heteroatoms. The third-order valence-corrected chi connectivity index (χ3v) is 5.79. The summed E-state index contributed by atoms with van der Waals surface area (Å²) in [4.78, 5) is 19.0. The van der Waals surface area contributed by atoms with Gasteiger partial charge in [-0.05, 0) is 51.0 Å². The summed E-state index contributed by atoms with van der Waals surface area (Å²) in [5.41, 5.74) is 4.27. The zero-order chi connectivity index (χ0) is 18.8. The molecular weight excluding hydrogens is 344 g/mol.